The van der Waals surface area contributed by atoms with Gasteiger partial charge in [0, 0.05) is 13.0 Å². The van der Waals surface area contributed by atoms with Crippen LogP contribution in [0.25, 0.3) is 0 Å². The van der Waals surface area contributed by atoms with Crippen molar-refractivity contribution in [1.29, 1.82) is 0 Å². The third-order valence-electron chi connectivity index (χ3n) is 3.06. The summed E-state index contributed by atoms with van der Waals surface area (Å²) in [4.78, 5) is 11.3. The van der Waals surface area contributed by atoms with Gasteiger partial charge in [-0.2, -0.15) is 0 Å². The molecule has 2 rings (SSSR count). The number of rotatable bonds is 3. The monoisotopic (exact) mass is 219 g/mol. The Morgan fingerprint density at radius 3 is 3.06 bits per heavy atom. The van der Waals surface area contributed by atoms with Gasteiger partial charge < -0.3 is 16.4 Å². The summed E-state index contributed by atoms with van der Waals surface area (Å²) in [7, 11) is 1.61. The van der Waals surface area contributed by atoms with Crippen LogP contribution in [0.3, 0.4) is 0 Å². The number of nitrogens with two attached hydrogens (primary N) is 1. The molecule has 0 aromatic carbocycles. The zero-order chi connectivity index (χ0) is 11.5. The number of carbonyl (C=O) groups is 1. The van der Waals surface area contributed by atoms with Gasteiger partial charge in [0.15, 0.2) is 0 Å². The van der Waals surface area contributed by atoms with Gasteiger partial charge >= 0.3 is 0 Å². The molecule has 86 valence electrons. The molecule has 0 bridgehead atoms. The lowest BCUT2D eigenvalue weighted by Gasteiger charge is -2.20. The number of carbonyl (C=O) groups excluding carboxylic acids is 1. The molecule has 0 aromatic rings. The molecule has 3 atom stereocenters. The summed E-state index contributed by atoms with van der Waals surface area (Å²) in [5.74, 6) is 0.236. The maximum atomic E-state index is 11.3. The van der Waals surface area contributed by atoms with Gasteiger partial charge in [-0.05, 0) is 18.2 Å². The van der Waals surface area contributed by atoms with Crippen molar-refractivity contribution in [3.63, 3.8) is 0 Å². The molecule has 4 nitrogen and oxygen atoms in total. The van der Waals surface area contributed by atoms with Crippen molar-refractivity contribution in [2.45, 2.75) is 18.5 Å². The van der Waals surface area contributed by atoms with Crippen LogP contribution >= 0.6 is 0 Å². The normalized spacial score (nSPS) is 28.0. The number of nitrogens with one attached hydrogen (secondary N) is 2. The van der Waals surface area contributed by atoms with Gasteiger partial charge in [0.1, 0.15) is 0 Å². The van der Waals surface area contributed by atoms with Crippen molar-refractivity contribution in [2.75, 3.05) is 7.05 Å². The second kappa shape index (κ2) is 4.53. The van der Waals surface area contributed by atoms with Crippen LogP contribution in [0.5, 0.6) is 0 Å². The van der Waals surface area contributed by atoms with Gasteiger partial charge in [-0.15, -0.1) is 0 Å². The van der Waals surface area contributed by atoms with Gasteiger partial charge in [0.05, 0.1) is 12.1 Å². The minimum atomic E-state index is -0.462. The van der Waals surface area contributed by atoms with Crippen LogP contribution in [0.4, 0.5) is 0 Å². The molecule has 0 spiro atoms. The third-order valence-corrected chi connectivity index (χ3v) is 3.06. The lowest BCUT2D eigenvalue weighted by molar-refractivity contribution is -0.121. The second-order valence-corrected chi connectivity index (χ2v) is 4.13. The molecule has 0 saturated heterocycles. The maximum Gasteiger partial charge on any atom is 0.236 e. The molecule has 0 aromatic heterocycles. The largest absolute Gasteiger partial charge is 0.384 e. The Bertz CT molecular complexity index is 370. The zero-order valence-corrected chi connectivity index (χ0v) is 9.31. The molecule has 0 fully saturated rings. The van der Waals surface area contributed by atoms with Gasteiger partial charge in [0.25, 0.3) is 0 Å². The SMILES string of the molecule is CNC(=O)C(N)CC1=CNC2C=CC=CC12. The van der Waals surface area contributed by atoms with Crippen molar-refractivity contribution in [3.05, 3.63) is 36.1 Å². The average molecular weight is 219 g/mol. The van der Waals surface area contributed by atoms with Crippen LogP contribution in [0.15, 0.2) is 36.1 Å². The summed E-state index contributed by atoms with van der Waals surface area (Å²) in [6.07, 6.45) is 10.9. The highest BCUT2D eigenvalue weighted by Crippen LogP contribution is 2.28. The third kappa shape index (κ3) is 2.02. The van der Waals surface area contributed by atoms with E-state index in [1.165, 1.54) is 5.57 Å². The van der Waals surface area contributed by atoms with E-state index in [9.17, 15) is 4.79 Å². The Morgan fingerprint density at radius 2 is 2.31 bits per heavy atom. The Morgan fingerprint density at radius 1 is 1.56 bits per heavy atom. The predicted octanol–water partition coefficient (Wildman–Crippen LogP) is 0.0477. The fraction of sp³-hybridized carbons (Fsp3) is 0.417. The average Bonchev–Trinajstić information content (AvgIpc) is 2.72. The molecule has 4 heteroatoms. The standard InChI is InChI=1S/C12H17N3O/c1-14-12(16)10(13)6-8-7-15-11-5-3-2-4-9(8)11/h2-5,7,9-11,15H,6,13H2,1H3,(H,14,16). The highest BCUT2D eigenvalue weighted by atomic mass is 16.2. The molecule has 1 amide bonds. The molecule has 1 aliphatic carbocycles. The molecule has 16 heavy (non-hydrogen) atoms. The lowest BCUT2D eigenvalue weighted by Crippen LogP contribution is -2.39. The summed E-state index contributed by atoms with van der Waals surface area (Å²) in [6, 6.07) is -0.131. The van der Waals surface area contributed by atoms with Crippen molar-refractivity contribution in [2.24, 2.45) is 11.7 Å². The van der Waals surface area contributed by atoms with Crippen molar-refractivity contribution < 1.29 is 4.79 Å². The second-order valence-electron chi connectivity index (χ2n) is 4.13. The topological polar surface area (TPSA) is 67.2 Å². The molecule has 2 aliphatic rings. The van der Waals surface area contributed by atoms with Gasteiger partial charge in [0.2, 0.25) is 5.91 Å². The Labute approximate surface area is 95.3 Å². The number of amides is 1. The Kier molecular flexibility index (Phi) is 3.10. The first kappa shape index (κ1) is 11.0. The first-order chi connectivity index (χ1) is 7.72. The number of fused-ring (bicyclic) bond motifs is 1. The van der Waals surface area contributed by atoms with E-state index in [2.05, 4.69) is 22.8 Å². The molecule has 1 aliphatic heterocycles. The van der Waals surface area contributed by atoms with E-state index in [0.29, 0.717) is 18.4 Å². The number of likely N-dealkylation sites (N-methyl/N-ethyl adjacent to an activating group) is 1. The van der Waals surface area contributed by atoms with Crippen LogP contribution in [-0.4, -0.2) is 25.0 Å². The summed E-state index contributed by atoms with van der Waals surface area (Å²) in [6.45, 7) is 0. The number of allylic oxidation sites excluding steroid dienone is 2. The van der Waals surface area contributed by atoms with Crippen LogP contribution in [0.2, 0.25) is 0 Å². The predicted molar refractivity (Wildman–Crippen MR) is 63.4 cm³/mol. The highest BCUT2D eigenvalue weighted by Gasteiger charge is 2.28. The van der Waals surface area contributed by atoms with Gasteiger partial charge in [-0.1, -0.05) is 24.3 Å². The first-order valence-electron chi connectivity index (χ1n) is 5.49. The fourth-order valence-corrected chi connectivity index (χ4v) is 2.15. The number of hydrogen-bond donors (Lipinski definition) is 3. The van der Waals surface area contributed by atoms with E-state index in [-0.39, 0.29) is 5.91 Å². The zero-order valence-electron chi connectivity index (χ0n) is 9.31. The quantitative estimate of drug-likeness (QED) is 0.628. The Balaban J connectivity index is 1.99. The molecular weight excluding hydrogens is 202 g/mol. The van der Waals surface area contributed by atoms with Crippen molar-refractivity contribution in [1.82, 2.24) is 10.6 Å². The molecule has 0 saturated carbocycles. The van der Waals surface area contributed by atoms with E-state index < -0.39 is 6.04 Å². The van der Waals surface area contributed by atoms with Gasteiger partial charge in [-0.25, -0.2) is 0 Å². The van der Waals surface area contributed by atoms with E-state index in [4.69, 9.17) is 5.73 Å². The van der Waals surface area contributed by atoms with Crippen LogP contribution < -0.4 is 16.4 Å². The lowest BCUT2D eigenvalue weighted by atomic mass is 9.88. The van der Waals surface area contributed by atoms with Crippen LogP contribution in [0, 0.1) is 5.92 Å². The van der Waals surface area contributed by atoms with Crippen molar-refractivity contribution >= 4 is 5.91 Å². The Hall–Kier alpha value is -1.55. The van der Waals surface area contributed by atoms with E-state index in [1.54, 1.807) is 7.05 Å². The minimum absolute atomic E-state index is 0.111. The summed E-state index contributed by atoms with van der Waals surface area (Å²) < 4.78 is 0. The van der Waals surface area contributed by atoms with Crippen LogP contribution in [-0.2, 0) is 4.79 Å². The minimum Gasteiger partial charge on any atom is -0.384 e. The van der Waals surface area contributed by atoms with Crippen molar-refractivity contribution in [3.8, 4) is 0 Å². The number of hydrogen-bond acceptors (Lipinski definition) is 3. The maximum absolute atomic E-state index is 11.3. The molecule has 3 unspecified atom stereocenters. The van der Waals surface area contributed by atoms with Gasteiger partial charge in [-0.3, -0.25) is 4.79 Å². The van der Waals surface area contributed by atoms with E-state index in [0.717, 1.165) is 0 Å². The van der Waals surface area contributed by atoms with E-state index in [1.807, 2.05) is 18.4 Å². The molecule has 0 radical (unpaired) electrons. The summed E-state index contributed by atoms with van der Waals surface area (Å²) in [5.41, 5.74) is 7.00. The highest BCUT2D eigenvalue weighted by molar-refractivity contribution is 5.81. The summed E-state index contributed by atoms with van der Waals surface area (Å²) in [5, 5.41) is 5.85. The first-order valence-corrected chi connectivity index (χ1v) is 5.49. The summed E-state index contributed by atoms with van der Waals surface area (Å²) >= 11 is 0. The fourth-order valence-electron chi connectivity index (χ4n) is 2.15. The molecular formula is C12H17N3O. The molecule has 4 N–H and O–H groups in total. The van der Waals surface area contributed by atoms with E-state index >= 15 is 0 Å². The molecule has 1 heterocycles. The smallest absolute Gasteiger partial charge is 0.236 e. The van der Waals surface area contributed by atoms with Crippen LogP contribution in [0.1, 0.15) is 6.42 Å².